The Morgan fingerprint density at radius 1 is 1.00 bits per heavy atom. The molecular weight excluding hydrogens is 182 g/mol. The highest BCUT2D eigenvalue weighted by Crippen LogP contribution is 2.58. The summed E-state index contributed by atoms with van der Waals surface area (Å²) in [7, 11) is 0. The van der Waals surface area contributed by atoms with Crippen LogP contribution in [0.1, 0.15) is 41.5 Å². The molecule has 1 fully saturated rings. The fourth-order valence-corrected chi connectivity index (χ4v) is 4.29. The molecule has 5 unspecified atom stereocenters. The van der Waals surface area contributed by atoms with E-state index in [2.05, 4.69) is 41.5 Å². The van der Waals surface area contributed by atoms with Gasteiger partial charge >= 0.3 is 0 Å². The van der Waals surface area contributed by atoms with Gasteiger partial charge in [0, 0.05) is 5.54 Å². The number of nitrogens with two attached hydrogens (primary N) is 1. The Balaban J connectivity index is 2.47. The molecule has 0 aromatic carbocycles. The normalized spacial score (nSPS) is 55.0. The van der Waals surface area contributed by atoms with Crippen molar-refractivity contribution in [1.82, 2.24) is 0 Å². The zero-order valence-corrected chi connectivity index (χ0v) is 11.0. The molecule has 0 aliphatic heterocycles. The fourth-order valence-electron chi connectivity index (χ4n) is 4.29. The van der Waals surface area contributed by atoms with E-state index in [4.69, 9.17) is 5.73 Å². The van der Waals surface area contributed by atoms with Gasteiger partial charge in [-0.3, -0.25) is 0 Å². The van der Waals surface area contributed by atoms with Crippen LogP contribution in [0.15, 0.2) is 11.1 Å². The maximum atomic E-state index is 6.55. The molecule has 0 heterocycles. The molecule has 1 heteroatoms. The van der Waals surface area contributed by atoms with Crippen LogP contribution < -0.4 is 5.73 Å². The van der Waals surface area contributed by atoms with E-state index in [-0.39, 0.29) is 5.54 Å². The van der Waals surface area contributed by atoms with Gasteiger partial charge in [0.1, 0.15) is 0 Å². The van der Waals surface area contributed by atoms with Crippen molar-refractivity contribution in [2.75, 3.05) is 0 Å². The van der Waals surface area contributed by atoms with Gasteiger partial charge in [-0.25, -0.2) is 0 Å². The molecule has 2 rings (SSSR count). The lowest BCUT2D eigenvalue weighted by Crippen LogP contribution is -2.45. The summed E-state index contributed by atoms with van der Waals surface area (Å²) in [5.74, 6) is 3.77. The van der Waals surface area contributed by atoms with E-state index in [1.165, 1.54) is 5.57 Å². The smallest absolute Gasteiger partial charge is 0.0377 e. The lowest BCUT2D eigenvalue weighted by atomic mass is 9.77. The second kappa shape index (κ2) is 3.10. The zero-order chi connectivity index (χ0) is 11.5. The molecule has 2 aliphatic carbocycles. The lowest BCUT2D eigenvalue weighted by molar-refractivity contribution is 0.249. The van der Waals surface area contributed by atoms with E-state index < -0.39 is 0 Å². The van der Waals surface area contributed by atoms with Gasteiger partial charge in [0.2, 0.25) is 0 Å². The average Bonchev–Trinajstić information content (AvgIpc) is 2.49. The molecule has 86 valence electrons. The van der Waals surface area contributed by atoms with Crippen molar-refractivity contribution in [3.63, 3.8) is 0 Å². The van der Waals surface area contributed by atoms with Gasteiger partial charge in [-0.2, -0.15) is 0 Å². The summed E-state index contributed by atoms with van der Waals surface area (Å²) in [6.45, 7) is 14.0. The van der Waals surface area contributed by atoms with Crippen molar-refractivity contribution in [3.05, 3.63) is 11.1 Å². The van der Waals surface area contributed by atoms with Gasteiger partial charge in [0.15, 0.2) is 0 Å². The first kappa shape index (κ1) is 11.2. The third-order valence-corrected chi connectivity index (χ3v) is 5.77. The van der Waals surface area contributed by atoms with Crippen LogP contribution in [0.3, 0.4) is 0 Å². The Morgan fingerprint density at radius 2 is 1.53 bits per heavy atom. The lowest BCUT2D eigenvalue weighted by Gasteiger charge is -2.33. The Labute approximate surface area is 94.1 Å². The molecule has 1 saturated carbocycles. The highest BCUT2D eigenvalue weighted by atomic mass is 14.8. The van der Waals surface area contributed by atoms with Crippen LogP contribution >= 0.6 is 0 Å². The number of rotatable bonds is 0. The van der Waals surface area contributed by atoms with Gasteiger partial charge in [-0.05, 0) is 50.4 Å². The van der Waals surface area contributed by atoms with Crippen LogP contribution in [-0.4, -0.2) is 5.54 Å². The topological polar surface area (TPSA) is 26.0 Å². The first-order valence-electron chi connectivity index (χ1n) is 6.26. The number of allylic oxidation sites excluding steroid dienone is 1. The van der Waals surface area contributed by atoms with Crippen LogP contribution in [0.5, 0.6) is 0 Å². The summed E-state index contributed by atoms with van der Waals surface area (Å²) in [4.78, 5) is 0. The molecule has 1 nitrogen and oxygen atoms in total. The molecule has 0 aromatic heterocycles. The largest absolute Gasteiger partial charge is 0.322 e. The molecular formula is C14H25N. The third kappa shape index (κ3) is 1.19. The SMILES string of the molecule is CC1=C(C)[C@](C)(N)C2C(C)C(C)C(C)C12. The standard InChI is InChI=1S/C14H25N/c1-7-8(2)12-10(4)11(5)14(6,15)13(12)9(7)3/h7-9,12-13H,15H2,1-6H3/t7?,8?,9?,12?,13?,14-/m0/s1. The first-order valence-corrected chi connectivity index (χ1v) is 6.26. The number of fused-ring (bicyclic) bond motifs is 1. The molecule has 2 aliphatic rings. The summed E-state index contributed by atoms with van der Waals surface area (Å²) in [5.41, 5.74) is 9.52. The minimum absolute atomic E-state index is 0.0623. The highest BCUT2D eigenvalue weighted by molar-refractivity contribution is 5.36. The maximum absolute atomic E-state index is 6.55. The first-order chi connectivity index (χ1) is 6.80. The van der Waals surface area contributed by atoms with Gasteiger partial charge in [0.25, 0.3) is 0 Å². The molecule has 0 spiro atoms. The number of hydrogen-bond acceptors (Lipinski definition) is 1. The quantitative estimate of drug-likeness (QED) is 0.606. The predicted molar refractivity (Wildman–Crippen MR) is 65.4 cm³/mol. The van der Waals surface area contributed by atoms with Crippen molar-refractivity contribution in [2.24, 2.45) is 35.3 Å². The number of hydrogen-bond donors (Lipinski definition) is 1. The van der Waals surface area contributed by atoms with E-state index in [1.807, 2.05) is 0 Å². The minimum Gasteiger partial charge on any atom is -0.322 e. The summed E-state index contributed by atoms with van der Waals surface area (Å²) in [6, 6.07) is 0. The third-order valence-electron chi connectivity index (χ3n) is 5.77. The van der Waals surface area contributed by atoms with Crippen molar-refractivity contribution >= 4 is 0 Å². The van der Waals surface area contributed by atoms with E-state index in [1.54, 1.807) is 5.57 Å². The molecule has 6 atom stereocenters. The Morgan fingerprint density at radius 3 is 2.00 bits per heavy atom. The summed E-state index contributed by atoms with van der Waals surface area (Å²) >= 11 is 0. The predicted octanol–water partition coefficient (Wildman–Crippen LogP) is 3.21. The van der Waals surface area contributed by atoms with Crippen molar-refractivity contribution < 1.29 is 0 Å². The van der Waals surface area contributed by atoms with Crippen LogP contribution in [0.4, 0.5) is 0 Å². The molecule has 0 bridgehead atoms. The molecule has 15 heavy (non-hydrogen) atoms. The van der Waals surface area contributed by atoms with Crippen LogP contribution in [-0.2, 0) is 0 Å². The van der Waals surface area contributed by atoms with E-state index in [0.29, 0.717) is 5.92 Å². The van der Waals surface area contributed by atoms with E-state index in [9.17, 15) is 0 Å². The van der Waals surface area contributed by atoms with Crippen molar-refractivity contribution in [2.45, 2.75) is 47.1 Å². The summed E-state index contributed by atoms with van der Waals surface area (Å²) < 4.78 is 0. The monoisotopic (exact) mass is 207 g/mol. The minimum atomic E-state index is -0.0623. The molecule has 0 saturated heterocycles. The molecule has 2 N–H and O–H groups in total. The zero-order valence-electron chi connectivity index (χ0n) is 11.0. The van der Waals surface area contributed by atoms with Crippen LogP contribution in [0, 0.1) is 29.6 Å². The van der Waals surface area contributed by atoms with Crippen LogP contribution in [0.2, 0.25) is 0 Å². The molecule has 0 aromatic rings. The second-order valence-corrected chi connectivity index (χ2v) is 6.22. The Bertz CT molecular complexity index is 313. The fraction of sp³-hybridized carbons (Fsp3) is 0.857. The van der Waals surface area contributed by atoms with Crippen molar-refractivity contribution in [1.29, 1.82) is 0 Å². The van der Waals surface area contributed by atoms with Crippen molar-refractivity contribution in [3.8, 4) is 0 Å². The Kier molecular flexibility index (Phi) is 2.31. The Hall–Kier alpha value is -0.300. The summed E-state index contributed by atoms with van der Waals surface area (Å²) in [5, 5.41) is 0. The highest BCUT2D eigenvalue weighted by Gasteiger charge is 2.56. The van der Waals surface area contributed by atoms with Gasteiger partial charge < -0.3 is 5.73 Å². The molecule has 0 amide bonds. The maximum Gasteiger partial charge on any atom is 0.0377 e. The summed E-state index contributed by atoms with van der Waals surface area (Å²) in [6.07, 6.45) is 0. The van der Waals surface area contributed by atoms with Gasteiger partial charge in [0.05, 0.1) is 0 Å². The second-order valence-electron chi connectivity index (χ2n) is 6.22. The molecule has 0 radical (unpaired) electrons. The van der Waals surface area contributed by atoms with Crippen LogP contribution in [0.25, 0.3) is 0 Å². The van der Waals surface area contributed by atoms with Gasteiger partial charge in [-0.1, -0.05) is 31.9 Å². The average molecular weight is 207 g/mol. The van der Waals surface area contributed by atoms with E-state index >= 15 is 0 Å². The van der Waals surface area contributed by atoms with Gasteiger partial charge in [-0.15, -0.1) is 0 Å². The van der Waals surface area contributed by atoms with E-state index in [0.717, 1.165) is 23.7 Å².